The molecule has 0 saturated carbocycles. The average molecular weight is 2050 g/mol. The van der Waals surface area contributed by atoms with Crippen LogP contribution in [0.15, 0.2) is 24.3 Å². The summed E-state index contributed by atoms with van der Waals surface area (Å²) in [7, 11) is 0. The SMILES string of the molecule is CSCCC(NC(=O)C(CO)NC(=O)C1CCCN1C(=O)C(CO)NC(=O)C(CCCNC(=N)N)NC(=O)C(Cc1ccc(O)cc1)NC(=O)C(N)CC(C)C)C(=O)N1CCCC1C(=O)NC(CCC(=O)O)C(=O)NC(CC(N)=O)C(=O)NC(CC(C)C)C(=O)NC(CC(N)=O)C(=O)NC(CCCNC(=N)N)C(=O)NC(CCCNC(=N)N)C(=O)NC(CCCNC(=N)N)C(=O)NC(CCCNC(=N)N)C(=O)O. The zero-order valence-corrected chi connectivity index (χ0v) is 81.6. The van der Waals surface area contributed by atoms with Crippen molar-refractivity contribution in [3.05, 3.63) is 29.8 Å². The number of phenols is 1. The van der Waals surface area contributed by atoms with Gasteiger partial charge in [0, 0.05) is 58.7 Å². The minimum Gasteiger partial charge on any atom is -0.508 e. The highest BCUT2D eigenvalue weighted by Crippen LogP contribution is 2.24. The highest BCUT2D eigenvalue weighted by molar-refractivity contribution is 7.98. The molecule has 16 atom stereocenters. The highest BCUT2D eigenvalue weighted by Gasteiger charge is 2.45. The number of amides is 17. The number of aliphatic carboxylic acids is 2. The molecular formula is C85H145N33O24S. The molecule has 57 nitrogen and oxygen atoms in total. The molecule has 44 N–H and O–H groups in total. The molecule has 0 bridgehead atoms. The minimum absolute atomic E-state index is 0.0153. The summed E-state index contributed by atoms with van der Waals surface area (Å²) in [4.78, 5) is 268. The molecule has 1 aromatic rings. The summed E-state index contributed by atoms with van der Waals surface area (Å²) in [6.45, 7) is 4.25. The van der Waals surface area contributed by atoms with E-state index in [0.29, 0.717) is 5.56 Å². The molecule has 143 heavy (non-hydrogen) atoms. The van der Waals surface area contributed by atoms with Gasteiger partial charge in [-0.15, -0.1) is 0 Å². The van der Waals surface area contributed by atoms with Gasteiger partial charge in [-0.25, -0.2) is 4.79 Å². The van der Waals surface area contributed by atoms with Crippen LogP contribution in [-0.4, -0.2) is 345 Å². The second-order valence-electron chi connectivity index (χ2n) is 35.1. The number of rotatable bonds is 67. The molecular weight excluding hydrogens is 1900 g/mol. The van der Waals surface area contributed by atoms with Gasteiger partial charge >= 0.3 is 11.9 Å². The first kappa shape index (κ1) is 123. The van der Waals surface area contributed by atoms with E-state index >= 15 is 0 Å². The zero-order chi connectivity index (χ0) is 107. The maximum Gasteiger partial charge on any atom is 0.326 e. The van der Waals surface area contributed by atoms with Gasteiger partial charge in [0.2, 0.25) is 100 Å². The van der Waals surface area contributed by atoms with Crippen LogP contribution in [0, 0.1) is 38.9 Å². The zero-order valence-electron chi connectivity index (χ0n) is 80.7. The maximum atomic E-state index is 14.8. The van der Waals surface area contributed by atoms with E-state index in [1.807, 2.05) is 13.8 Å². The first-order valence-corrected chi connectivity index (χ1v) is 48.0. The van der Waals surface area contributed by atoms with Crippen LogP contribution in [0.1, 0.15) is 168 Å². The topological polar surface area (TPSA) is 976 Å². The van der Waals surface area contributed by atoms with Crippen LogP contribution in [0.5, 0.6) is 5.75 Å². The quantitative estimate of drug-likeness (QED) is 0.0164. The summed E-state index contributed by atoms with van der Waals surface area (Å²) < 4.78 is 0. The molecule has 0 radical (unpaired) electrons. The Hall–Kier alpha value is -14.5. The third kappa shape index (κ3) is 46.7. The molecule has 2 fully saturated rings. The fourth-order valence-corrected chi connectivity index (χ4v) is 15.6. The summed E-state index contributed by atoms with van der Waals surface area (Å²) in [5, 5.41) is 134. The number of carbonyl (C=O) groups is 19. The second kappa shape index (κ2) is 64.1. The number of benzene rings is 1. The van der Waals surface area contributed by atoms with E-state index in [4.69, 9.17) is 72.9 Å². The molecule has 1 aromatic carbocycles. The summed E-state index contributed by atoms with van der Waals surface area (Å²) in [6.07, 6.45) is -3.33. The number of nitrogens with two attached hydrogens (primary N) is 8. The van der Waals surface area contributed by atoms with E-state index < -0.39 is 284 Å². The average Bonchev–Trinajstić information content (AvgIpc) is 1.70. The number of hydrogen-bond acceptors (Lipinski definition) is 29. The van der Waals surface area contributed by atoms with Gasteiger partial charge in [-0.1, -0.05) is 39.8 Å². The van der Waals surface area contributed by atoms with Crippen molar-refractivity contribution >= 4 is 154 Å². The van der Waals surface area contributed by atoms with Crippen molar-refractivity contribution in [2.24, 2.45) is 57.7 Å². The number of nitrogens with zero attached hydrogens (tertiary/aromatic N) is 2. The molecule has 2 heterocycles. The molecule has 2 aliphatic heterocycles. The Kier molecular flexibility index (Phi) is 55.0. The first-order valence-electron chi connectivity index (χ1n) is 46.6. The number of aliphatic hydroxyl groups excluding tert-OH is 2. The number of phenolic OH excluding ortho intramolecular Hbond substituents is 1. The normalized spacial score (nSPS) is 16.1. The number of nitrogens with one attached hydrogen (secondary N) is 23. The van der Waals surface area contributed by atoms with Crippen LogP contribution >= 0.6 is 11.8 Å². The van der Waals surface area contributed by atoms with Crippen LogP contribution < -0.4 is 142 Å². The van der Waals surface area contributed by atoms with Gasteiger partial charge in [0.05, 0.1) is 32.1 Å². The van der Waals surface area contributed by atoms with Crippen LogP contribution in [0.25, 0.3) is 0 Å². The fraction of sp³-hybridized carbons (Fsp3) is 0.647. The minimum atomic E-state index is -2.06. The summed E-state index contributed by atoms with van der Waals surface area (Å²) in [5.74, 6) is -24.2. The van der Waals surface area contributed by atoms with E-state index in [1.54, 1.807) is 20.1 Å². The fourth-order valence-electron chi connectivity index (χ4n) is 15.1. The molecule has 2 aliphatic rings. The second-order valence-corrected chi connectivity index (χ2v) is 36.1. The molecule has 0 aliphatic carbocycles. The number of hydrogen-bond donors (Lipinski definition) is 36. The van der Waals surface area contributed by atoms with E-state index in [1.165, 1.54) is 36.0 Å². The first-order chi connectivity index (χ1) is 67.4. The number of carbonyl (C=O) groups excluding carboxylic acids is 17. The Balaban J connectivity index is 1.93. The Morgan fingerprint density at radius 2 is 0.678 bits per heavy atom. The molecule has 3 rings (SSSR count). The lowest BCUT2D eigenvalue weighted by molar-refractivity contribution is -0.144. The number of aromatic hydroxyl groups is 1. The van der Waals surface area contributed by atoms with Crippen molar-refractivity contribution in [1.29, 1.82) is 27.0 Å². The van der Waals surface area contributed by atoms with Gasteiger partial charge in [-0.3, -0.25) is 113 Å². The number of carboxylic acid groups (broad SMARTS) is 2. The molecule has 17 amide bonds. The third-order valence-corrected chi connectivity index (χ3v) is 23.0. The van der Waals surface area contributed by atoms with Gasteiger partial charge in [-0.05, 0) is 157 Å². The maximum absolute atomic E-state index is 14.8. The van der Waals surface area contributed by atoms with Crippen molar-refractivity contribution in [2.75, 3.05) is 71.0 Å². The molecule has 0 spiro atoms. The van der Waals surface area contributed by atoms with Gasteiger partial charge in [0.15, 0.2) is 29.8 Å². The van der Waals surface area contributed by atoms with Crippen LogP contribution in [0.4, 0.5) is 0 Å². The van der Waals surface area contributed by atoms with E-state index in [-0.39, 0.29) is 179 Å². The number of carboxylic acids is 2. The van der Waals surface area contributed by atoms with Crippen molar-refractivity contribution in [2.45, 2.75) is 266 Å². The van der Waals surface area contributed by atoms with Gasteiger partial charge in [0.25, 0.3) is 0 Å². The lowest BCUT2D eigenvalue weighted by Crippen LogP contribution is -2.61. The van der Waals surface area contributed by atoms with Crippen LogP contribution in [0.3, 0.4) is 0 Å². The molecule has 16 unspecified atom stereocenters. The van der Waals surface area contributed by atoms with Crippen molar-refractivity contribution in [3.8, 4) is 5.75 Å². The molecule has 58 heteroatoms. The standard InChI is InChI=1S/C85H145N33O24S/c1-42(2)35-46(86)65(126)111-55(37-44-20-22-45(121)23-21-44)72(133)106-50(16-9-30-102-84(95)96)69(130)116-59(41-120)79(140)118-33-12-19-61(118)77(138)115-58(40-119)75(136)109-52(26-34-143-5)78(139)117-32-11-18-60(117)76(137)108-51(24-25-64(124)125)70(131)113-57(39-63(88)123)74(135)112-54(36-43(3)4)71(132)114-56(38-62(87)122)73(134)107-48(14-7-28-100-82(91)92)67(128)104-47(13-6-27-99-81(89)90)66(127)105-49(15-8-29-101-83(93)94)68(129)110-53(80(141)142)17-10-31-103-85(97)98/h20-23,42-43,46-61,119-121H,6-19,24-41,86H2,1-5H3,(H2,87,122)(H2,88,123)(H,104,128)(H,105,127)(H,106,133)(H,107,134)(H,108,137)(H,109,136)(H,110,129)(H,111,126)(H,112,135)(H,113,131)(H,114,132)(H,115,138)(H,116,130)(H,124,125)(H,141,142)(H4,89,90,99)(H4,91,92,100)(H4,93,94,101)(H4,95,96,102)(H4,97,98,103). The van der Waals surface area contributed by atoms with E-state index in [9.17, 15) is 117 Å². The predicted molar refractivity (Wildman–Crippen MR) is 518 cm³/mol. The van der Waals surface area contributed by atoms with Crippen molar-refractivity contribution in [1.82, 2.24) is 106 Å². The van der Waals surface area contributed by atoms with Crippen LogP contribution in [0.2, 0.25) is 0 Å². The Morgan fingerprint density at radius 3 is 1.03 bits per heavy atom. The Morgan fingerprint density at radius 1 is 0.378 bits per heavy atom. The number of likely N-dealkylation sites (tertiary alicyclic amines) is 2. The summed E-state index contributed by atoms with van der Waals surface area (Å²) in [6, 6.07) is -20.4. The van der Waals surface area contributed by atoms with Gasteiger partial charge < -0.3 is 177 Å². The van der Waals surface area contributed by atoms with E-state index in [0.717, 1.165) is 9.80 Å². The number of aliphatic hydroxyl groups is 2. The smallest absolute Gasteiger partial charge is 0.326 e. The number of primary amides is 2. The Bertz CT molecular complexity index is 4560. The molecule has 800 valence electrons. The summed E-state index contributed by atoms with van der Waals surface area (Å²) in [5.41, 5.74) is 45.1. The van der Waals surface area contributed by atoms with Crippen molar-refractivity contribution < 1.29 is 117 Å². The number of guanidine groups is 5. The molecule has 2 saturated heterocycles. The monoisotopic (exact) mass is 2040 g/mol. The third-order valence-electron chi connectivity index (χ3n) is 22.4. The lowest BCUT2D eigenvalue weighted by Gasteiger charge is -2.31. The Labute approximate surface area is 829 Å². The van der Waals surface area contributed by atoms with E-state index in [2.05, 4.69) is 95.7 Å². The predicted octanol–water partition coefficient (Wildman–Crippen LogP) is -11.6. The largest absolute Gasteiger partial charge is 0.508 e. The molecule has 0 aromatic heterocycles. The lowest BCUT2D eigenvalue weighted by atomic mass is 10.0. The summed E-state index contributed by atoms with van der Waals surface area (Å²) >= 11 is 1.23. The van der Waals surface area contributed by atoms with Gasteiger partial charge in [-0.2, -0.15) is 11.8 Å². The van der Waals surface area contributed by atoms with Gasteiger partial charge in [0.1, 0.15) is 96.4 Å². The van der Waals surface area contributed by atoms with Crippen molar-refractivity contribution in [3.63, 3.8) is 0 Å². The number of thioether (sulfide) groups is 1. The highest BCUT2D eigenvalue weighted by atomic mass is 32.2. The van der Waals surface area contributed by atoms with Crippen LogP contribution in [-0.2, 0) is 97.5 Å².